The fourth-order valence-corrected chi connectivity index (χ4v) is 3.47. The number of nitrogens with one attached hydrogen (secondary N) is 2. The van der Waals surface area contributed by atoms with E-state index in [1.807, 2.05) is 4.90 Å². The van der Waals surface area contributed by atoms with Crippen LogP contribution in [0.25, 0.3) is 0 Å². The highest BCUT2D eigenvalue weighted by molar-refractivity contribution is 5.98. The molecule has 1 aromatic carbocycles. The average molecular weight is 422 g/mol. The molecule has 0 aromatic heterocycles. The van der Waals surface area contributed by atoms with Gasteiger partial charge in [0.1, 0.15) is 23.2 Å². The van der Waals surface area contributed by atoms with Crippen molar-refractivity contribution in [2.45, 2.75) is 38.8 Å². The van der Waals surface area contributed by atoms with Gasteiger partial charge in [0.2, 0.25) is 11.8 Å². The maximum Gasteiger partial charge on any atom is 0.257 e. The molecule has 0 bridgehead atoms. The van der Waals surface area contributed by atoms with E-state index in [-0.39, 0.29) is 17.7 Å². The minimum atomic E-state index is -0.972. The first-order valence-electron chi connectivity index (χ1n) is 10.3. The molecule has 1 saturated carbocycles. The highest BCUT2D eigenvalue weighted by Crippen LogP contribution is 2.18. The highest BCUT2D eigenvalue weighted by atomic mass is 19.1. The van der Waals surface area contributed by atoms with E-state index in [0.717, 1.165) is 25.0 Å². The van der Waals surface area contributed by atoms with E-state index >= 15 is 0 Å². The molecule has 1 aliphatic heterocycles. The number of hydrogen-bond donors (Lipinski definition) is 2. The largest absolute Gasteiger partial charge is 0.352 e. The molecule has 0 spiro atoms. The second kappa shape index (κ2) is 9.51. The lowest BCUT2D eigenvalue weighted by molar-refractivity contribution is -0.136. The van der Waals surface area contributed by atoms with E-state index in [4.69, 9.17) is 0 Å². The van der Waals surface area contributed by atoms with Crippen molar-refractivity contribution in [3.63, 3.8) is 0 Å². The summed E-state index contributed by atoms with van der Waals surface area (Å²) in [7, 11) is 0. The van der Waals surface area contributed by atoms with Crippen LogP contribution in [-0.2, 0) is 9.59 Å². The van der Waals surface area contributed by atoms with Crippen LogP contribution in [0, 0.1) is 17.6 Å². The van der Waals surface area contributed by atoms with Crippen molar-refractivity contribution in [2.75, 3.05) is 32.7 Å². The summed E-state index contributed by atoms with van der Waals surface area (Å²) in [5.41, 5.74) is -0.692. The number of nitrogens with zero attached hydrogens (tertiary/aromatic N) is 2. The molecular weight excluding hydrogens is 394 g/mol. The lowest BCUT2D eigenvalue weighted by Gasteiger charge is -2.37. The Balaban J connectivity index is 1.56. The topological polar surface area (TPSA) is 81.8 Å². The predicted octanol–water partition coefficient (Wildman–Crippen LogP) is 1.14. The van der Waals surface area contributed by atoms with Crippen molar-refractivity contribution in [2.24, 2.45) is 5.92 Å². The molecule has 30 heavy (non-hydrogen) atoms. The Hall–Kier alpha value is -2.55. The zero-order valence-electron chi connectivity index (χ0n) is 17.3. The highest BCUT2D eigenvalue weighted by Gasteiger charge is 2.32. The first-order chi connectivity index (χ1) is 14.3. The summed E-state index contributed by atoms with van der Waals surface area (Å²) >= 11 is 0. The van der Waals surface area contributed by atoms with Crippen LogP contribution < -0.4 is 10.6 Å². The molecule has 3 amide bonds. The van der Waals surface area contributed by atoms with Gasteiger partial charge in [0, 0.05) is 32.2 Å². The summed E-state index contributed by atoms with van der Waals surface area (Å²) in [5, 5.41) is 5.44. The molecule has 2 fully saturated rings. The summed E-state index contributed by atoms with van der Waals surface area (Å²) in [6, 6.07) is 2.60. The fraction of sp³-hybridized carbons (Fsp3) is 0.571. The summed E-state index contributed by atoms with van der Waals surface area (Å²) in [4.78, 5) is 41.0. The Kier molecular flexibility index (Phi) is 7.02. The molecule has 1 atom stereocenters. The quantitative estimate of drug-likeness (QED) is 0.691. The van der Waals surface area contributed by atoms with Gasteiger partial charge in [-0.25, -0.2) is 8.78 Å². The maximum atomic E-state index is 13.9. The van der Waals surface area contributed by atoms with Crippen LogP contribution >= 0.6 is 0 Å². The number of carbonyl (C=O) groups is 3. The van der Waals surface area contributed by atoms with Crippen LogP contribution in [0.5, 0.6) is 0 Å². The van der Waals surface area contributed by atoms with Crippen molar-refractivity contribution in [3.05, 3.63) is 35.4 Å². The van der Waals surface area contributed by atoms with Crippen LogP contribution in [0.2, 0.25) is 0 Å². The Morgan fingerprint density at radius 1 is 1.07 bits per heavy atom. The Labute approximate surface area is 174 Å². The van der Waals surface area contributed by atoms with Crippen LogP contribution in [0.15, 0.2) is 18.2 Å². The molecule has 1 heterocycles. The second-order valence-corrected chi connectivity index (χ2v) is 8.24. The molecule has 0 radical (unpaired) electrons. The first kappa shape index (κ1) is 22.1. The molecule has 1 saturated heterocycles. The molecule has 1 aromatic rings. The number of carbonyl (C=O) groups excluding carboxylic acids is 3. The van der Waals surface area contributed by atoms with Gasteiger partial charge in [-0.1, -0.05) is 19.9 Å². The van der Waals surface area contributed by atoms with E-state index in [2.05, 4.69) is 10.6 Å². The van der Waals surface area contributed by atoms with Crippen molar-refractivity contribution >= 4 is 17.7 Å². The normalized spacial score (nSPS) is 18.2. The van der Waals surface area contributed by atoms with Crippen molar-refractivity contribution in [3.8, 4) is 0 Å². The van der Waals surface area contributed by atoms with E-state index in [9.17, 15) is 23.2 Å². The molecule has 164 valence electrons. The van der Waals surface area contributed by atoms with Crippen molar-refractivity contribution in [1.82, 2.24) is 20.4 Å². The van der Waals surface area contributed by atoms with Gasteiger partial charge in [-0.3, -0.25) is 19.3 Å². The third kappa shape index (κ3) is 5.53. The van der Waals surface area contributed by atoms with Gasteiger partial charge < -0.3 is 15.5 Å². The zero-order chi connectivity index (χ0) is 21.8. The SMILES string of the molecule is CC(C)C(NC(=O)c1c(F)cccc1F)C(=O)N1CCN(CC(=O)NC2CC2)CC1. The number of piperazine rings is 1. The standard InChI is InChI=1S/C21H28F2N4O3/c1-13(2)19(25-20(29)18-15(22)4-3-5-16(18)23)21(30)27-10-8-26(9-11-27)12-17(28)24-14-6-7-14/h3-5,13-14,19H,6-12H2,1-2H3,(H,24,28)(H,25,29). The minimum Gasteiger partial charge on any atom is -0.352 e. The van der Waals surface area contributed by atoms with Gasteiger partial charge >= 0.3 is 0 Å². The van der Waals surface area contributed by atoms with Crippen LogP contribution in [0.4, 0.5) is 8.78 Å². The summed E-state index contributed by atoms with van der Waals surface area (Å²) in [6.07, 6.45) is 2.07. The van der Waals surface area contributed by atoms with Crippen molar-refractivity contribution < 1.29 is 23.2 Å². The predicted molar refractivity (Wildman–Crippen MR) is 107 cm³/mol. The van der Waals surface area contributed by atoms with Gasteiger partial charge in [-0.2, -0.15) is 0 Å². The molecule has 1 unspecified atom stereocenters. The number of amides is 3. The Bertz CT molecular complexity index is 785. The van der Waals surface area contributed by atoms with Crippen LogP contribution in [0.1, 0.15) is 37.0 Å². The lowest BCUT2D eigenvalue weighted by Crippen LogP contribution is -2.57. The van der Waals surface area contributed by atoms with E-state index in [0.29, 0.717) is 38.8 Å². The maximum absolute atomic E-state index is 13.9. The fourth-order valence-electron chi connectivity index (χ4n) is 3.47. The van der Waals surface area contributed by atoms with Crippen LogP contribution in [-0.4, -0.2) is 72.3 Å². The number of hydrogen-bond acceptors (Lipinski definition) is 4. The van der Waals surface area contributed by atoms with E-state index in [1.54, 1.807) is 18.7 Å². The van der Waals surface area contributed by atoms with Gasteiger partial charge in [0.05, 0.1) is 6.54 Å². The van der Waals surface area contributed by atoms with E-state index < -0.39 is 29.1 Å². The van der Waals surface area contributed by atoms with E-state index in [1.165, 1.54) is 6.07 Å². The molecule has 3 rings (SSSR count). The molecule has 7 nitrogen and oxygen atoms in total. The first-order valence-corrected chi connectivity index (χ1v) is 10.3. The zero-order valence-corrected chi connectivity index (χ0v) is 17.3. The molecule has 2 N–H and O–H groups in total. The lowest BCUT2D eigenvalue weighted by atomic mass is 10.0. The third-order valence-electron chi connectivity index (χ3n) is 5.40. The summed E-state index contributed by atoms with van der Waals surface area (Å²) < 4.78 is 27.8. The summed E-state index contributed by atoms with van der Waals surface area (Å²) in [5.74, 6) is -3.46. The molecular formula is C21H28F2N4O3. The number of benzene rings is 1. The average Bonchev–Trinajstić information content (AvgIpc) is 3.49. The van der Waals surface area contributed by atoms with Crippen LogP contribution in [0.3, 0.4) is 0 Å². The Morgan fingerprint density at radius 3 is 2.20 bits per heavy atom. The summed E-state index contributed by atoms with van der Waals surface area (Å²) in [6.45, 7) is 5.76. The van der Waals surface area contributed by atoms with Gasteiger partial charge in [-0.05, 0) is 30.9 Å². The van der Waals surface area contributed by atoms with Gasteiger partial charge in [-0.15, -0.1) is 0 Å². The monoisotopic (exact) mass is 422 g/mol. The molecule has 2 aliphatic rings. The number of halogens is 2. The van der Waals surface area contributed by atoms with Gasteiger partial charge in [0.25, 0.3) is 5.91 Å². The van der Waals surface area contributed by atoms with Gasteiger partial charge in [0.15, 0.2) is 0 Å². The second-order valence-electron chi connectivity index (χ2n) is 8.24. The number of rotatable bonds is 7. The van der Waals surface area contributed by atoms with Crippen molar-refractivity contribution in [1.29, 1.82) is 0 Å². The molecule has 9 heteroatoms. The molecule has 1 aliphatic carbocycles. The minimum absolute atomic E-state index is 0.00323. The Morgan fingerprint density at radius 2 is 1.67 bits per heavy atom. The third-order valence-corrected chi connectivity index (χ3v) is 5.40. The smallest absolute Gasteiger partial charge is 0.257 e.